The van der Waals surface area contributed by atoms with Crippen LogP contribution < -0.4 is 9.64 Å². The van der Waals surface area contributed by atoms with E-state index in [1.807, 2.05) is 12.1 Å². The lowest BCUT2D eigenvalue weighted by molar-refractivity contribution is 0.122. The lowest BCUT2D eigenvalue weighted by atomic mass is 9.71. The second-order valence-corrected chi connectivity index (χ2v) is 12.8. The summed E-state index contributed by atoms with van der Waals surface area (Å²) in [7, 11) is 0. The van der Waals surface area contributed by atoms with Gasteiger partial charge < -0.3 is 14.4 Å². The molecule has 0 radical (unpaired) electrons. The van der Waals surface area contributed by atoms with E-state index in [1.54, 1.807) is 12.1 Å². The van der Waals surface area contributed by atoms with Gasteiger partial charge in [0.05, 0.1) is 13.2 Å². The van der Waals surface area contributed by atoms with Crippen LogP contribution in [-0.4, -0.2) is 26.3 Å². The molecule has 5 heteroatoms. The van der Waals surface area contributed by atoms with Crippen LogP contribution in [0.15, 0.2) is 91.0 Å². The number of benzene rings is 5. The molecule has 2 aliphatic heterocycles. The molecule has 0 aromatic heterocycles. The molecule has 0 saturated carbocycles. The van der Waals surface area contributed by atoms with Crippen LogP contribution in [0.1, 0.15) is 60.1 Å². The highest BCUT2D eigenvalue weighted by Crippen LogP contribution is 2.60. The molecule has 5 aromatic rings. The average molecular weight is 614 g/mol. The minimum absolute atomic E-state index is 0.243. The minimum Gasteiger partial charge on any atom is -0.472 e. The van der Waals surface area contributed by atoms with E-state index >= 15 is 4.39 Å². The molecule has 0 spiro atoms. The first-order chi connectivity index (χ1) is 22.4. The van der Waals surface area contributed by atoms with Crippen molar-refractivity contribution in [3.8, 4) is 16.9 Å². The van der Waals surface area contributed by atoms with Gasteiger partial charge >= 0.3 is 0 Å². The molecule has 0 bridgehead atoms. The Morgan fingerprint density at radius 3 is 2.11 bits per heavy atom. The van der Waals surface area contributed by atoms with E-state index in [4.69, 9.17) is 9.47 Å². The number of nitrogens with zero attached hydrogens (tertiary/aromatic N) is 1. The summed E-state index contributed by atoms with van der Waals surface area (Å²) in [6.07, 6.45) is 5.94. The molecule has 1 atom stereocenters. The molecular formula is C41H37F2NO2. The number of halogens is 2. The third-order valence-corrected chi connectivity index (χ3v) is 10.6. The van der Waals surface area contributed by atoms with E-state index in [2.05, 4.69) is 86.4 Å². The van der Waals surface area contributed by atoms with Crippen LogP contribution in [-0.2, 0) is 15.8 Å². The lowest BCUT2D eigenvalue weighted by Gasteiger charge is -2.39. The fourth-order valence-corrected chi connectivity index (χ4v) is 8.16. The molecule has 0 amide bonds. The van der Waals surface area contributed by atoms with Crippen molar-refractivity contribution in [2.24, 2.45) is 0 Å². The molecule has 5 aromatic carbocycles. The number of morpholine rings is 1. The van der Waals surface area contributed by atoms with Crippen LogP contribution >= 0.6 is 0 Å². The molecule has 2 heterocycles. The van der Waals surface area contributed by atoms with E-state index in [0.717, 1.165) is 100 Å². The van der Waals surface area contributed by atoms with Crippen molar-refractivity contribution in [3.63, 3.8) is 0 Å². The van der Waals surface area contributed by atoms with Crippen molar-refractivity contribution in [3.05, 3.63) is 136 Å². The van der Waals surface area contributed by atoms with Crippen LogP contribution in [0.25, 0.3) is 28.0 Å². The van der Waals surface area contributed by atoms with E-state index in [0.29, 0.717) is 5.75 Å². The summed E-state index contributed by atoms with van der Waals surface area (Å²) in [4.78, 5) is 2.34. The quantitative estimate of drug-likeness (QED) is 0.197. The Labute approximate surface area is 269 Å². The number of aryl methyl sites for hydroxylation is 1. The van der Waals surface area contributed by atoms with Gasteiger partial charge in [-0.2, -0.15) is 0 Å². The van der Waals surface area contributed by atoms with Crippen molar-refractivity contribution < 1.29 is 18.3 Å². The number of rotatable bonds is 5. The Balaban J connectivity index is 1.39. The first-order valence-electron chi connectivity index (χ1n) is 16.4. The molecule has 1 unspecified atom stereocenters. The topological polar surface area (TPSA) is 21.7 Å². The maximum atomic E-state index is 15.2. The van der Waals surface area contributed by atoms with Crippen LogP contribution in [0, 0.1) is 18.6 Å². The highest BCUT2D eigenvalue weighted by atomic mass is 19.1. The zero-order chi connectivity index (χ0) is 31.6. The largest absolute Gasteiger partial charge is 0.472 e. The third kappa shape index (κ3) is 4.17. The molecule has 1 saturated heterocycles. The predicted octanol–water partition coefficient (Wildman–Crippen LogP) is 9.70. The monoisotopic (exact) mass is 613 g/mol. The van der Waals surface area contributed by atoms with Crippen molar-refractivity contribution in [1.82, 2.24) is 0 Å². The maximum Gasteiger partial charge on any atom is 0.178 e. The Morgan fingerprint density at radius 2 is 1.41 bits per heavy atom. The van der Waals surface area contributed by atoms with E-state index in [1.165, 1.54) is 12.1 Å². The van der Waals surface area contributed by atoms with Crippen molar-refractivity contribution in [2.45, 2.75) is 44.6 Å². The minimum atomic E-state index is -0.948. The normalized spacial score (nSPS) is 19.5. The van der Waals surface area contributed by atoms with E-state index in [9.17, 15) is 4.39 Å². The standard InChI is InChI=1S/C41H37F2NO2/c1-4-40(5-2)36-25-30(43)13-17-33(36)37-32-16-12-29(42)24-35(32)39-34(38(37)40)18-19-41(46-39,27-8-6-26(3)7-9-27)28-10-14-31(15-11-28)44-20-22-45-23-21-44/h6-19,24-25H,4-5,20-23H2,1-3H3. The SMILES string of the molecule is CCC1(CC)c2cc(F)ccc2-c2c1c1c(c3cc(F)ccc23)OC(c2ccc(C)cc2)(c2ccc(N3CCOCC3)cc2)C=C1. The maximum absolute atomic E-state index is 15.2. The first kappa shape index (κ1) is 29.0. The number of anilines is 1. The summed E-state index contributed by atoms with van der Waals surface area (Å²) in [6.45, 7) is 9.59. The molecule has 3 nitrogen and oxygen atoms in total. The van der Waals surface area contributed by atoms with Gasteiger partial charge in [-0.25, -0.2) is 8.78 Å². The van der Waals surface area contributed by atoms with Gasteiger partial charge in [-0.1, -0.05) is 74.0 Å². The lowest BCUT2D eigenvalue weighted by Crippen LogP contribution is -2.37. The summed E-state index contributed by atoms with van der Waals surface area (Å²) in [6, 6.07) is 27.2. The Hall–Kier alpha value is -4.48. The van der Waals surface area contributed by atoms with Crippen LogP contribution in [0.2, 0.25) is 0 Å². The van der Waals surface area contributed by atoms with Gasteiger partial charge in [-0.15, -0.1) is 0 Å². The summed E-state index contributed by atoms with van der Waals surface area (Å²) in [5, 5.41) is 1.64. The third-order valence-electron chi connectivity index (χ3n) is 10.6. The van der Waals surface area contributed by atoms with Crippen LogP contribution in [0.5, 0.6) is 5.75 Å². The molecule has 8 rings (SSSR count). The summed E-state index contributed by atoms with van der Waals surface area (Å²) >= 11 is 0. The number of hydrogen-bond acceptors (Lipinski definition) is 3. The Kier molecular flexibility index (Phi) is 6.80. The predicted molar refractivity (Wildman–Crippen MR) is 182 cm³/mol. The summed E-state index contributed by atoms with van der Waals surface area (Å²) < 4.78 is 42.9. The van der Waals surface area contributed by atoms with Gasteiger partial charge in [0.25, 0.3) is 0 Å². The van der Waals surface area contributed by atoms with Crippen molar-refractivity contribution in [2.75, 3.05) is 31.2 Å². The van der Waals surface area contributed by atoms with E-state index in [-0.39, 0.29) is 11.6 Å². The highest BCUT2D eigenvalue weighted by Gasteiger charge is 2.47. The highest BCUT2D eigenvalue weighted by molar-refractivity contribution is 6.08. The van der Waals surface area contributed by atoms with Gasteiger partial charge in [0.15, 0.2) is 5.60 Å². The number of hydrogen-bond donors (Lipinski definition) is 0. The van der Waals surface area contributed by atoms with Crippen LogP contribution in [0.3, 0.4) is 0 Å². The molecule has 0 N–H and O–H groups in total. The number of ether oxygens (including phenoxy) is 2. The van der Waals surface area contributed by atoms with Crippen molar-refractivity contribution in [1.29, 1.82) is 0 Å². The zero-order valence-electron chi connectivity index (χ0n) is 26.5. The van der Waals surface area contributed by atoms with Crippen LogP contribution in [0.4, 0.5) is 14.5 Å². The molecule has 232 valence electrons. The van der Waals surface area contributed by atoms with Gasteiger partial charge in [0, 0.05) is 46.3 Å². The molecule has 46 heavy (non-hydrogen) atoms. The Bertz CT molecular complexity index is 2000. The van der Waals surface area contributed by atoms with Gasteiger partial charge in [0.2, 0.25) is 0 Å². The molecule has 3 aliphatic rings. The summed E-state index contributed by atoms with van der Waals surface area (Å²) in [5.41, 5.74) is 8.09. The van der Waals surface area contributed by atoms with Crippen molar-refractivity contribution >= 4 is 22.5 Å². The zero-order valence-corrected chi connectivity index (χ0v) is 26.5. The second-order valence-electron chi connectivity index (χ2n) is 12.8. The Morgan fingerprint density at radius 1 is 0.761 bits per heavy atom. The van der Waals surface area contributed by atoms with Gasteiger partial charge in [-0.05, 0) is 89.9 Å². The fourth-order valence-electron chi connectivity index (χ4n) is 8.16. The van der Waals surface area contributed by atoms with E-state index < -0.39 is 11.0 Å². The molecule has 1 aliphatic carbocycles. The number of fused-ring (bicyclic) bond motifs is 8. The second kappa shape index (κ2) is 10.8. The van der Waals surface area contributed by atoms with Gasteiger partial charge in [0.1, 0.15) is 17.4 Å². The average Bonchev–Trinajstić information content (AvgIpc) is 3.38. The fraction of sp³-hybridized carbons (Fsp3) is 0.268. The summed E-state index contributed by atoms with van der Waals surface area (Å²) in [5.74, 6) is 0.0964. The molecular weight excluding hydrogens is 576 g/mol. The smallest absolute Gasteiger partial charge is 0.178 e. The first-order valence-corrected chi connectivity index (χ1v) is 16.4. The van der Waals surface area contributed by atoms with Gasteiger partial charge in [-0.3, -0.25) is 0 Å². The molecule has 1 fully saturated rings.